The van der Waals surface area contributed by atoms with Crippen LogP contribution in [0.2, 0.25) is 0 Å². The van der Waals surface area contributed by atoms with E-state index in [9.17, 15) is 4.79 Å². The van der Waals surface area contributed by atoms with Gasteiger partial charge in [-0.3, -0.25) is 9.36 Å². The van der Waals surface area contributed by atoms with Crippen LogP contribution < -0.4 is 5.32 Å². The Labute approximate surface area is 106 Å². The summed E-state index contributed by atoms with van der Waals surface area (Å²) in [4.78, 5) is 16.1. The molecule has 0 spiro atoms. The van der Waals surface area contributed by atoms with Gasteiger partial charge in [-0.25, -0.2) is 4.98 Å². The van der Waals surface area contributed by atoms with Crippen LogP contribution in [0.5, 0.6) is 0 Å². The van der Waals surface area contributed by atoms with Crippen LogP contribution in [0.25, 0.3) is 11.0 Å². The first-order valence-corrected chi connectivity index (χ1v) is 6.05. The standard InChI is InChI=1S/C13H17N3O2/c1-3-8-18-12(17)9-16-11-7-5-4-6-10(11)15-13(16)14-2/h4-7H,3,8-9H2,1-2H3,(H,14,15). The van der Waals surface area contributed by atoms with Gasteiger partial charge in [-0.05, 0) is 18.6 Å². The summed E-state index contributed by atoms with van der Waals surface area (Å²) >= 11 is 0. The summed E-state index contributed by atoms with van der Waals surface area (Å²) in [7, 11) is 1.79. The molecule has 18 heavy (non-hydrogen) atoms. The minimum atomic E-state index is -0.239. The lowest BCUT2D eigenvalue weighted by molar-refractivity contribution is -0.144. The summed E-state index contributed by atoms with van der Waals surface area (Å²) in [6.45, 7) is 2.61. The maximum Gasteiger partial charge on any atom is 0.326 e. The fourth-order valence-electron chi connectivity index (χ4n) is 1.82. The number of fused-ring (bicyclic) bond motifs is 1. The monoisotopic (exact) mass is 247 g/mol. The van der Waals surface area contributed by atoms with Crippen LogP contribution in [0.4, 0.5) is 5.95 Å². The molecule has 5 nitrogen and oxygen atoms in total. The molecule has 0 aliphatic heterocycles. The molecule has 0 bridgehead atoms. The van der Waals surface area contributed by atoms with Gasteiger partial charge in [-0.1, -0.05) is 19.1 Å². The molecule has 0 unspecified atom stereocenters. The van der Waals surface area contributed by atoms with Gasteiger partial charge in [0.05, 0.1) is 17.6 Å². The van der Waals surface area contributed by atoms with E-state index in [-0.39, 0.29) is 12.5 Å². The first-order chi connectivity index (χ1) is 8.76. The first-order valence-electron chi connectivity index (χ1n) is 6.05. The number of benzene rings is 1. The van der Waals surface area contributed by atoms with Crippen LogP contribution in [0.15, 0.2) is 24.3 Å². The zero-order valence-electron chi connectivity index (χ0n) is 10.6. The molecule has 1 heterocycles. The normalized spacial score (nSPS) is 10.6. The molecule has 1 aromatic carbocycles. The number of imidazole rings is 1. The van der Waals surface area contributed by atoms with Gasteiger partial charge in [0.2, 0.25) is 5.95 Å². The third-order valence-electron chi connectivity index (χ3n) is 2.63. The molecule has 0 atom stereocenters. The quantitative estimate of drug-likeness (QED) is 0.821. The number of nitrogens with zero attached hydrogens (tertiary/aromatic N) is 2. The number of aromatic nitrogens is 2. The molecule has 5 heteroatoms. The molecule has 0 aliphatic rings. The van der Waals surface area contributed by atoms with E-state index >= 15 is 0 Å². The predicted octanol–water partition coefficient (Wildman–Crippen LogP) is 2.03. The second kappa shape index (κ2) is 5.53. The predicted molar refractivity (Wildman–Crippen MR) is 70.5 cm³/mol. The second-order valence-electron chi connectivity index (χ2n) is 3.98. The van der Waals surface area contributed by atoms with E-state index in [1.807, 2.05) is 35.8 Å². The van der Waals surface area contributed by atoms with Crippen molar-refractivity contribution in [2.45, 2.75) is 19.9 Å². The zero-order chi connectivity index (χ0) is 13.0. The average molecular weight is 247 g/mol. The number of hydrogen-bond donors (Lipinski definition) is 1. The Bertz CT molecular complexity index is 548. The van der Waals surface area contributed by atoms with Crippen molar-refractivity contribution < 1.29 is 9.53 Å². The van der Waals surface area contributed by atoms with Crippen molar-refractivity contribution in [2.24, 2.45) is 0 Å². The van der Waals surface area contributed by atoms with Crippen LogP contribution in [0.3, 0.4) is 0 Å². The van der Waals surface area contributed by atoms with Crippen molar-refractivity contribution in [3.8, 4) is 0 Å². The van der Waals surface area contributed by atoms with Gasteiger partial charge in [-0.2, -0.15) is 0 Å². The van der Waals surface area contributed by atoms with Crippen LogP contribution in [-0.4, -0.2) is 29.2 Å². The molecule has 0 aliphatic carbocycles. The highest BCUT2D eigenvalue weighted by Crippen LogP contribution is 2.19. The summed E-state index contributed by atoms with van der Waals surface area (Å²) < 4.78 is 6.92. The number of ether oxygens (including phenoxy) is 1. The van der Waals surface area contributed by atoms with E-state index < -0.39 is 0 Å². The maximum absolute atomic E-state index is 11.7. The number of carbonyl (C=O) groups excluding carboxylic acids is 1. The van der Waals surface area contributed by atoms with E-state index in [0.29, 0.717) is 12.6 Å². The number of rotatable bonds is 5. The average Bonchev–Trinajstić information content (AvgIpc) is 2.75. The van der Waals surface area contributed by atoms with E-state index in [4.69, 9.17) is 4.74 Å². The molecular weight excluding hydrogens is 230 g/mol. The van der Waals surface area contributed by atoms with E-state index in [1.54, 1.807) is 7.05 Å². The summed E-state index contributed by atoms with van der Waals surface area (Å²) in [5, 5.41) is 2.99. The molecule has 1 N–H and O–H groups in total. The largest absolute Gasteiger partial charge is 0.464 e. The Morgan fingerprint density at radius 1 is 1.44 bits per heavy atom. The van der Waals surface area contributed by atoms with Crippen molar-refractivity contribution in [1.29, 1.82) is 0 Å². The Morgan fingerprint density at radius 3 is 2.94 bits per heavy atom. The van der Waals surface area contributed by atoms with Crippen molar-refractivity contribution in [1.82, 2.24) is 9.55 Å². The van der Waals surface area contributed by atoms with Gasteiger partial charge in [0, 0.05) is 7.05 Å². The number of carbonyl (C=O) groups is 1. The summed E-state index contributed by atoms with van der Waals surface area (Å²) in [5.74, 6) is 0.432. The van der Waals surface area contributed by atoms with Gasteiger partial charge in [0.25, 0.3) is 0 Å². The molecule has 2 rings (SSSR count). The highest BCUT2D eigenvalue weighted by molar-refractivity contribution is 5.81. The lowest BCUT2D eigenvalue weighted by atomic mass is 10.3. The Kier molecular flexibility index (Phi) is 3.82. The molecule has 0 saturated heterocycles. The third-order valence-corrected chi connectivity index (χ3v) is 2.63. The molecule has 0 amide bonds. The van der Waals surface area contributed by atoms with Crippen LogP contribution in [0, 0.1) is 0 Å². The van der Waals surface area contributed by atoms with Gasteiger partial charge in [0.1, 0.15) is 6.54 Å². The Balaban J connectivity index is 2.28. The number of anilines is 1. The number of esters is 1. The first kappa shape index (κ1) is 12.4. The topological polar surface area (TPSA) is 56.1 Å². The van der Waals surface area contributed by atoms with Gasteiger partial charge in [-0.15, -0.1) is 0 Å². The van der Waals surface area contributed by atoms with Crippen LogP contribution in [-0.2, 0) is 16.1 Å². The van der Waals surface area contributed by atoms with Crippen LogP contribution >= 0.6 is 0 Å². The van der Waals surface area contributed by atoms with Crippen molar-refractivity contribution in [3.63, 3.8) is 0 Å². The van der Waals surface area contributed by atoms with Gasteiger partial charge >= 0.3 is 5.97 Å². The lowest BCUT2D eigenvalue weighted by Gasteiger charge is -2.08. The summed E-state index contributed by atoms with van der Waals surface area (Å²) in [6, 6.07) is 7.71. The molecular formula is C13H17N3O2. The molecule has 0 radical (unpaired) electrons. The number of nitrogens with one attached hydrogen (secondary N) is 1. The third kappa shape index (κ3) is 2.45. The fraction of sp³-hybridized carbons (Fsp3) is 0.385. The number of hydrogen-bond acceptors (Lipinski definition) is 4. The van der Waals surface area contributed by atoms with Crippen molar-refractivity contribution in [3.05, 3.63) is 24.3 Å². The minimum Gasteiger partial charge on any atom is -0.464 e. The van der Waals surface area contributed by atoms with Gasteiger partial charge in [0.15, 0.2) is 0 Å². The van der Waals surface area contributed by atoms with Crippen molar-refractivity contribution >= 4 is 23.0 Å². The van der Waals surface area contributed by atoms with E-state index in [0.717, 1.165) is 17.5 Å². The summed E-state index contributed by atoms with van der Waals surface area (Å²) in [6.07, 6.45) is 0.829. The van der Waals surface area contributed by atoms with Crippen molar-refractivity contribution in [2.75, 3.05) is 19.0 Å². The maximum atomic E-state index is 11.7. The Hall–Kier alpha value is -2.04. The SMILES string of the molecule is CCCOC(=O)Cn1c(NC)nc2ccccc21. The smallest absolute Gasteiger partial charge is 0.326 e. The Morgan fingerprint density at radius 2 is 2.22 bits per heavy atom. The highest BCUT2D eigenvalue weighted by atomic mass is 16.5. The lowest BCUT2D eigenvalue weighted by Crippen LogP contribution is -2.15. The number of para-hydroxylation sites is 2. The summed E-state index contributed by atoms with van der Waals surface area (Å²) in [5.41, 5.74) is 1.79. The fourth-order valence-corrected chi connectivity index (χ4v) is 1.82. The van der Waals surface area contributed by atoms with E-state index in [2.05, 4.69) is 10.3 Å². The molecule has 2 aromatic rings. The van der Waals surface area contributed by atoms with Gasteiger partial charge < -0.3 is 10.1 Å². The highest BCUT2D eigenvalue weighted by Gasteiger charge is 2.12. The molecule has 0 fully saturated rings. The zero-order valence-corrected chi connectivity index (χ0v) is 10.6. The molecule has 0 saturated carbocycles. The minimum absolute atomic E-state index is 0.177. The second-order valence-corrected chi connectivity index (χ2v) is 3.98. The molecule has 96 valence electrons. The van der Waals surface area contributed by atoms with E-state index in [1.165, 1.54) is 0 Å². The van der Waals surface area contributed by atoms with Crippen LogP contribution in [0.1, 0.15) is 13.3 Å². The molecule has 1 aromatic heterocycles.